The molecule has 0 N–H and O–H groups in total. The van der Waals surface area contributed by atoms with Crippen molar-refractivity contribution in [2.24, 2.45) is 11.8 Å². The number of amides is 2. The molecule has 0 radical (unpaired) electrons. The van der Waals surface area contributed by atoms with Crippen LogP contribution in [0.2, 0.25) is 10.0 Å². The summed E-state index contributed by atoms with van der Waals surface area (Å²) in [7, 11) is 0. The van der Waals surface area contributed by atoms with Gasteiger partial charge in [0.15, 0.2) is 0 Å². The van der Waals surface area contributed by atoms with Gasteiger partial charge >= 0.3 is 5.97 Å². The summed E-state index contributed by atoms with van der Waals surface area (Å²) in [5, 5.41) is 0.793. The lowest BCUT2D eigenvalue weighted by molar-refractivity contribution is -0.153. The van der Waals surface area contributed by atoms with Gasteiger partial charge in [-0.3, -0.25) is 19.3 Å². The second kappa shape index (κ2) is 7.11. The van der Waals surface area contributed by atoms with E-state index in [1.54, 1.807) is 18.2 Å². The summed E-state index contributed by atoms with van der Waals surface area (Å²) in [4.78, 5) is 37.7. The molecule has 2 unspecified atom stereocenters. The van der Waals surface area contributed by atoms with Gasteiger partial charge in [0.2, 0.25) is 11.8 Å². The third kappa shape index (κ3) is 3.42. The van der Waals surface area contributed by atoms with Crippen LogP contribution in [0.15, 0.2) is 18.2 Å². The molecular formula is C17H17Cl2NO4. The van der Waals surface area contributed by atoms with Crippen molar-refractivity contribution < 1.29 is 19.1 Å². The molecule has 24 heavy (non-hydrogen) atoms. The molecule has 128 valence electrons. The van der Waals surface area contributed by atoms with Crippen molar-refractivity contribution in [3.05, 3.63) is 33.8 Å². The predicted molar refractivity (Wildman–Crippen MR) is 88.4 cm³/mol. The van der Waals surface area contributed by atoms with E-state index >= 15 is 0 Å². The van der Waals surface area contributed by atoms with E-state index in [-0.39, 0.29) is 36.8 Å². The topological polar surface area (TPSA) is 63.7 Å². The monoisotopic (exact) mass is 369 g/mol. The fourth-order valence-electron chi connectivity index (χ4n) is 3.35. The molecule has 2 amide bonds. The van der Waals surface area contributed by atoms with Crippen LogP contribution in [-0.4, -0.2) is 29.2 Å². The highest BCUT2D eigenvalue weighted by molar-refractivity contribution is 6.42. The SMILES string of the molecule is O=C(CN1C(=O)C2CCCCC2C1=O)OCc1ccc(Cl)c(Cl)c1. The average Bonchev–Trinajstić information content (AvgIpc) is 2.81. The molecule has 2 aliphatic rings. The zero-order valence-electron chi connectivity index (χ0n) is 13.0. The maximum atomic E-state index is 12.3. The van der Waals surface area contributed by atoms with Crippen molar-refractivity contribution in [1.82, 2.24) is 4.90 Å². The minimum Gasteiger partial charge on any atom is -0.459 e. The van der Waals surface area contributed by atoms with Crippen molar-refractivity contribution in [3.8, 4) is 0 Å². The second-order valence-electron chi connectivity index (χ2n) is 6.17. The van der Waals surface area contributed by atoms with Crippen molar-refractivity contribution >= 4 is 41.0 Å². The summed E-state index contributed by atoms with van der Waals surface area (Å²) in [6, 6.07) is 4.92. The lowest BCUT2D eigenvalue weighted by Gasteiger charge is -2.19. The van der Waals surface area contributed by atoms with Crippen LogP contribution in [0.3, 0.4) is 0 Å². The fraction of sp³-hybridized carbons (Fsp3) is 0.471. The summed E-state index contributed by atoms with van der Waals surface area (Å²) < 4.78 is 5.15. The van der Waals surface area contributed by atoms with Gasteiger partial charge in [0.05, 0.1) is 21.9 Å². The molecule has 5 nitrogen and oxygen atoms in total. The number of likely N-dealkylation sites (tertiary alicyclic amines) is 1. The first-order valence-corrected chi connectivity index (χ1v) is 8.67. The first-order valence-electron chi connectivity index (χ1n) is 7.92. The second-order valence-corrected chi connectivity index (χ2v) is 6.98. The van der Waals surface area contributed by atoms with Gasteiger partial charge in [0.25, 0.3) is 0 Å². The molecule has 0 aromatic heterocycles. The van der Waals surface area contributed by atoms with Crippen LogP contribution in [0.1, 0.15) is 31.2 Å². The molecule has 0 spiro atoms. The first-order chi connectivity index (χ1) is 11.5. The molecule has 1 aromatic rings. The number of ether oxygens (including phenoxy) is 1. The summed E-state index contributed by atoms with van der Waals surface area (Å²) in [6.07, 6.45) is 3.36. The number of carbonyl (C=O) groups is 3. The molecule has 0 bridgehead atoms. The summed E-state index contributed by atoms with van der Waals surface area (Å²) in [6.45, 7) is -0.315. The molecule has 1 saturated carbocycles. The third-order valence-corrected chi connectivity index (χ3v) is 5.34. The van der Waals surface area contributed by atoms with E-state index in [1.807, 2.05) is 0 Å². The maximum Gasteiger partial charge on any atom is 0.326 e. The Morgan fingerprint density at radius 1 is 1.08 bits per heavy atom. The van der Waals surface area contributed by atoms with Gasteiger partial charge in [-0.1, -0.05) is 42.1 Å². The summed E-state index contributed by atoms with van der Waals surface area (Å²) in [5.74, 6) is -1.60. The normalized spacial score (nSPS) is 23.3. The smallest absolute Gasteiger partial charge is 0.326 e. The van der Waals surface area contributed by atoms with Crippen LogP contribution in [-0.2, 0) is 25.7 Å². The van der Waals surface area contributed by atoms with E-state index in [9.17, 15) is 14.4 Å². The quantitative estimate of drug-likeness (QED) is 0.603. The highest BCUT2D eigenvalue weighted by atomic mass is 35.5. The number of hydrogen-bond acceptors (Lipinski definition) is 4. The lowest BCUT2D eigenvalue weighted by atomic mass is 9.81. The number of fused-ring (bicyclic) bond motifs is 1. The van der Waals surface area contributed by atoms with Crippen molar-refractivity contribution in [1.29, 1.82) is 0 Å². The minimum atomic E-state index is -0.610. The average molecular weight is 370 g/mol. The number of imide groups is 1. The van der Waals surface area contributed by atoms with Gasteiger partial charge in [-0.15, -0.1) is 0 Å². The Bertz CT molecular complexity index is 667. The van der Waals surface area contributed by atoms with Crippen LogP contribution >= 0.6 is 23.2 Å². The zero-order valence-corrected chi connectivity index (χ0v) is 14.5. The van der Waals surface area contributed by atoms with Crippen LogP contribution in [0.4, 0.5) is 0 Å². The number of carbonyl (C=O) groups excluding carboxylic acids is 3. The molecule has 2 atom stereocenters. The van der Waals surface area contributed by atoms with E-state index in [0.717, 1.165) is 30.6 Å². The van der Waals surface area contributed by atoms with Gasteiger partial charge in [0.1, 0.15) is 13.2 Å². The van der Waals surface area contributed by atoms with Crippen molar-refractivity contribution in [2.45, 2.75) is 32.3 Å². The highest BCUT2D eigenvalue weighted by Crippen LogP contribution is 2.37. The molecule has 2 fully saturated rings. The van der Waals surface area contributed by atoms with Gasteiger partial charge in [0, 0.05) is 0 Å². The predicted octanol–water partition coefficient (Wildman–Crippen LogP) is 3.21. The Morgan fingerprint density at radius 2 is 1.71 bits per heavy atom. The number of halogens is 2. The van der Waals surface area contributed by atoms with E-state index < -0.39 is 5.97 Å². The van der Waals surface area contributed by atoms with E-state index in [1.165, 1.54) is 0 Å². The molecule has 1 aromatic carbocycles. The molecular weight excluding hydrogens is 353 g/mol. The van der Waals surface area contributed by atoms with E-state index in [2.05, 4.69) is 0 Å². The number of rotatable bonds is 4. The van der Waals surface area contributed by atoms with Crippen LogP contribution in [0, 0.1) is 11.8 Å². The highest BCUT2D eigenvalue weighted by Gasteiger charge is 2.48. The molecule has 1 saturated heterocycles. The number of benzene rings is 1. The Morgan fingerprint density at radius 3 is 2.29 bits per heavy atom. The third-order valence-electron chi connectivity index (χ3n) is 4.60. The van der Waals surface area contributed by atoms with Crippen molar-refractivity contribution in [2.75, 3.05) is 6.54 Å². The van der Waals surface area contributed by atoms with Crippen LogP contribution in [0.25, 0.3) is 0 Å². The van der Waals surface area contributed by atoms with Crippen LogP contribution < -0.4 is 0 Å². The molecule has 7 heteroatoms. The van der Waals surface area contributed by atoms with Gasteiger partial charge in [-0.25, -0.2) is 0 Å². The molecule has 1 aliphatic heterocycles. The Labute approximate surface area is 149 Å². The van der Waals surface area contributed by atoms with Gasteiger partial charge in [-0.2, -0.15) is 0 Å². The Kier molecular flexibility index (Phi) is 5.11. The fourth-order valence-corrected chi connectivity index (χ4v) is 3.68. The zero-order chi connectivity index (χ0) is 17.3. The standard InChI is InChI=1S/C17H17Cl2NO4/c18-13-6-5-10(7-14(13)19)9-24-15(21)8-20-16(22)11-3-1-2-4-12(11)17(20)23/h5-7,11-12H,1-4,8-9H2. The molecule has 1 heterocycles. The summed E-state index contributed by atoms with van der Waals surface area (Å²) in [5.41, 5.74) is 0.686. The number of esters is 1. The largest absolute Gasteiger partial charge is 0.459 e. The Balaban J connectivity index is 1.57. The van der Waals surface area contributed by atoms with E-state index in [0.29, 0.717) is 15.6 Å². The first kappa shape index (κ1) is 17.2. The molecule has 1 aliphatic carbocycles. The number of hydrogen-bond donors (Lipinski definition) is 0. The van der Waals surface area contributed by atoms with Gasteiger partial charge < -0.3 is 4.74 Å². The van der Waals surface area contributed by atoms with E-state index in [4.69, 9.17) is 27.9 Å². The lowest BCUT2D eigenvalue weighted by Crippen LogP contribution is -2.36. The number of nitrogens with zero attached hydrogens (tertiary/aromatic N) is 1. The maximum absolute atomic E-state index is 12.3. The summed E-state index contributed by atoms with van der Waals surface area (Å²) >= 11 is 11.7. The minimum absolute atomic E-state index is 0.0127. The van der Waals surface area contributed by atoms with Gasteiger partial charge in [-0.05, 0) is 30.5 Å². The molecule has 3 rings (SSSR count). The Hall–Kier alpha value is -1.59. The van der Waals surface area contributed by atoms with Crippen molar-refractivity contribution in [3.63, 3.8) is 0 Å². The van der Waals surface area contributed by atoms with Crippen LogP contribution in [0.5, 0.6) is 0 Å².